The van der Waals surface area contributed by atoms with Crippen molar-refractivity contribution in [2.45, 2.75) is 18.6 Å². The summed E-state index contributed by atoms with van der Waals surface area (Å²) in [4.78, 5) is 15.3. The second-order valence-corrected chi connectivity index (χ2v) is 4.21. The molecular weight excluding hydrogens is 244 g/mol. The van der Waals surface area contributed by atoms with Gasteiger partial charge in [0.15, 0.2) is 0 Å². The number of nitrogens with zero attached hydrogens (tertiary/aromatic N) is 1. The van der Waals surface area contributed by atoms with Crippen molar-refractivity contribution in [1.29, 1.82) is 0 Å². The van der Waals surface area contributed by atoms with Crippen LogP contribution in [0.3, 0.4) is 0 Å². The number of carbonyl (C=O) groups is 1. The molecule has 0 aromatic carbocycles. The normalized spacial score (nSPS) is 23.4. The largest absolute Gasteiger partial charge is 0.473 e. The van der Waals surface area contributed by atoms with Crippen LogP contribution in [0.5, 0.6) is 5.88 Å². The van der Waals surface area contributed by atoms with Crippen molar-refractivity contribution in [3.05, 3.63) is 23.4 Å². The topological polar surface area (TPSA) is 60.5 Å². The molecule has 5 nitrogen and oxygen atoms in total. The lowest BCUT2D eigenvalue weighted by Crippen LogP contribution is -2.31. The molecule has 1 aromatic rings. The minimum Gasteiger partial charge on any atom is -0.473 e. The summed E-state index contributed by atoms with van der Waals surface area (Å²) < 4.78 is 10.3. The predicted molar refractivity (Wildman–Crippen MR) is 62.1 cm³/mol. The van der Waals surface area contributed by atoms with Crippen molar-refractivity contribution in [2.24, 2.45) is 0 Å². The molecule has 0 radical (unpaired) electrons. The van der Waals surface area contributed by atoms with Gasteiger partial charge in [-0.25, -0.2) is 4.98 Å². The number of halogens is 1. The third-order valence-corrected chi connectivity index (χ3v) is 2.79. The smallest absolute Gasteiger partial charge is 0.323 e. The molecule has 0 amide bonds. The molecular formula is C11H13ClN2O3. The van der Waals surface area contributed by atoms with Gasteiger partial charge in [0.1, 0.15) is 12.1 Å². The Bertz CT molecular complexity index is 396. The summed E-state index contributed by atoms with van der Waals surface area (Å²) in [6.45, 7) is 0.601. The van der Waals surface area contributed by atoms with Crippen LogP contribution in [-0.2, 0) is 9.53 Å². The van der Waals surface area contributed by atoms with Crippen LogP contribution < -0.4 is 10.1 Å². The summed E-state index contributed by atoms with van der Waals surface area (Å²) in [7, 11) is 1.37. The quantitative estimate of drug-likeness (QED) is 0.818. The SMILES string of the molecule is COC(=O)C1C[C@@H](Oc2ccc(Cl)cn2)CN1. The Labute approximate surface area is 104 Å². The van der Waals surface area contributed by atoms with E-state index in [1.54, 1.807) is 12.1 Å². The van der Waals surface area contributed by atoms with E-state index < -0.39 is 0 Å². The van der Waals surface area contributed by atoms with Crippen molar-refractivity contribution < 1.29 is 14.3 Å². The minimum atomic E-state index is -0.294. The Morgan fingerprint density at radius 2 is 2.41 bits per heavy atom. The number of nitrogens with one attached hydrogen (secondary N) is 1. The van der Waals surface area contributed by atoms with Crippen molar-refractivity contribution in [2.75, 3.05) is 13.7 Å². The molecule has 2 atom stereocenters. The van der Waals surface area contributed by atoms with E-state index in [9.17, 15) is 4.79 Å². The molecule has 17 heavy (non-hydrogen) atoms. The number of carbonyl (C=O) groups excluding carboxylic acids is 1. The number of hydrogen-bond acceptors (Lipinski definition) is 5. The molecule has 0 spiro atoms. The monoisotopic (exact) mass is 256 g/mol. The molecule has 1 aliphatic rings. The molecule has 0 bridgehead atoms. The van der Waals surface area contributed by atoms with E-state index in [0.717, 1.165) is 0 Å². The van der Waals surface area contributed by atoms with Crippen LogP contribution >= 0.6 is 11.6 Å². The van der Waals surface area contributed by atoms with Gasteiger partial charge in [-0.15, -0.1) is 0 Å². The highest BCUT2D eigenvalue weighted by Gasteiger charge is 2.31. The van der Waals surface area contributed by atoms with E-state index in [4.69, 9.17) is 16.3 Å². The molecule has 1 aromatic heterocycles. The van der Waals surface area contributed by atoms with Gasteiger partial charge in [0.05, 0.1) is 12.1 Å². The fourth-order valence-corrected chi connectivity index (χ4v) is 1.83. The van der Waals surface area contributed by atoms with Crippen LogP contribution in [0.25, 0.3) is 0 Å². The molecule has 0 saturated carbocycles. The first-order valence-electron chi connectivity index (χ1n) is 5.28. The van der Waals surface area contributed by atoms with Crippen molar-refractivity contribution in [3.8, 4) is 5.88 Å². The lowest BCUT2D eigenvalue weighted by molar-refractivity contribution is -0.142. The molecule has 1 N–H and O–H groups in total. The van der Waals surface area contributed by atoms with E-state index >= 15 is 0 Å². The highest BCUT2D eigenvalue weighted by Crippen LogP contribution is 2.17. The van der Waals surface area contributed by atoms with Gasteiger partial charge in [-0.05, 0) is 6.07 Å². The number of esters is 1. The average Bonchev–Trinajstić information content (AvgIpc) is 2.80. The van der Waals surface area contributed by atoms with E-state index in [1.165, 1.54) is 13.3 Å². The highest BCUT2D eigenvalue weighted by atomic mass is 35.5. The standard InChI is InChI=1S/C11H13ClN2O3/c1-16-11(15)9-4-8(6-13-9)17-10-3-2-7(12)5-14-10/h2-3,5,8-9,13H,4,6H2,1H3/t8-,9?/m1/s1. The van der Waals surface area contributed by atoms with Gasteiger partial charge in [0.2, 0.25) is 5.88 Å². The Hall–Kier alpha value is -1.33. The minimum absolute atomic E-state index is 0.0761. The zero-order valence-corrected chi connectivity index (χ0v) is 10.1. The second kappa shape index (κ2) is 5.33. The number of ether oxygens (including phenoxy) is 2. The van der Waals surface area contributed by atoms with Crippen LogP contribution in [-0.4, -0.2) is 36.8 Å². The zero-order valence-electron chi connectivity index (χ0n) is 9.35. The van der Waals surface area contributed by atoms with E-state index in [-0.39, 0.29) is 18.1 Å². The predicted octanol–water partition coefficient (Wildman–Crippen LogP) is 1.02. The second-order valence-electron chi connectivity index (χ2n) is 3.77. The third kappa shape index (κ3) is 3.08. The summed E-state index contributed by atoms with van der Waals surface area (Å²) in [5.41, 5.74) is 0. The molecule has 1 saturated heterocycles. The fourth-order valence-electron chi connectivity index (χ4n) is 1.72. The molecule has 0 aliphatic carbocycles. The van der Waals surface area contributed by atoms with Gasteiger partial charge in [-0.2, -0.15) is 0 Å². The first kappa shape index (κ1) is 12.1. The van der Waals surface area contributed by atoms with Gasteiger partial charge in [0, 0.05) is 25.2 Å². The maximum absolute atomic E-state index is 11.3. The Balaban J connectivity index is 1.89. The summed E-state index contributed by atoms with van der Waals surface area (Å²) in [5, 5.41) is 3.60. The molecule has 6 heteroatoms. The molecule has 2 heterocycles. The summed E-state index contributed by atoms with van der Waals surface area (Å²) >= 11 is 5.72. The summed E-state index contributed by atoms with van der Waals surface area (Å²) in [6, 6.07) is 3.12. The van der Waals surface area contributed by atoms with Gasteiger partial charge >= 0.3 is 5.97 Å². The Morgan fingerprint density at radius 3 is 3.06 bits per heavy atom. The van der Waals surface area contributed by atoms with Gasteiger partial charge < -0.3 is 14.8 Å². The number of methoxy groups -OCH3 is 1. The molecule has 1 aliphatic heterocycles. The molecule has 2 rings (SSSR count). The van der Waals surface area contributed by atoms with Crippen LogP contribution in [0.4, 0.5) is 0 Å². The van der Waals surface area contributed by atoms with Crippen LogP contribution in [0.15, 0.2) is 18.3 Å². The number of hydrogen-bond donors (Lipinski definition) is 1. The van der Waals surface area contributed by atoms with Crippen molar-refractivity contribution >= 4 is 17.6 Å². The molecule has 1 unspecified atom stereocenters. The number of pyridine rings is 1. The van der Waals surface area contributed by atoms with Gasteiger partial charge in [-0.3, -0.25) is 4.79 Å². The maximum Gasteiger partial charge on any atom is 0.323 e. The molecule has 92 valence electrons. The van der Waals surface area contributed by atoms with E-state index in [0.29, 0.717) is 23.9 Å². The zero-order chi connectivity index (χ0) is 12.3. The first-order chi connectivity index (χ1) is 8.19. The number of rotatable bonds is 3. The fraction of sp³-hybridized carbons (Fsp3) is 0.455. The number of aromatic nitrogens is 1. The lowest BCUT2D eigenvalue weighted by Gasteiger charge is -2.11. The van der Waals surface area contributed by atoms with Gasteiger partial charge in [0.25, 0.3) is 0 Å². The Kier molecular flexibility index (Phi) is 3.81. The Morgan fingerprint density at radius 1 is 1.59 bits per heavy atom. The summed E-state index contributed by atoms with van der Waals surface area (Å²) in [5.74, 6) is 0.242. The van der Waals surface area contributed by atoms with Crippen molar-refractivity contribution in [3.63, 3.8) is 0 Å². The average molecular weight is 257 g/mol. The van der Waals surface area contributed by atoms with E-state index in [2.05, 4.69) is 15.0 Å². The molecule has 1 fully saturated rings. The third-order valence-electron chi connectivity index (χ3n) is 2.56. The van der Waals surface area contributed by atoms with Crippen LogP contribution in [0.1, 0.15) is 6.42 Å². The maximum atomic E-state index is 11.3. The van der Waals surface area contributed by atoms with Crippen molar-refractivity contribution in [1.82, 2.24) is 10.3 Å². The summed E-state index contributed by atoms with van der Waals surface area (Å²) in [6.07, 6.45) is 2.03. The first-order valence-corrected chi connectivity index (χ1v) is 5.66. The van der Waals surface area contributed by atoms with Crippen LogP contribution in [0.2, 0.25) is 5.02 Å². The van der Waals surface area contributed by atoms with Crippen LogP contribution in [0, 0.1) is 0 Å². The highest BCUT2D eigenvalue weighted by molar-refractivity contribution is 6.30. The lowest BCUT2D eigenvalue weighted by atomic mass is 10.2. The van der Waals surface area contributed by atoms with E-state index in [1.807, 2.05) is 0 Å². The van der Waals surface area contributed by atoms with Gasteiger partial charge in [-0.1, -0.05) is 11.6 Å².